The first-order valence-corrected chi connectivity index (χ1v) is 12.1. The number of ether oxygens (including phenoxy) is 2. The fraction of sp³-hybridized carbons (Fsp3) is 0.556. The largest absolute Gasteiger partial charge is 0.489 e. The smallest absolute Gasteiger partial charge is 0.123 e. The molecular formula is C27H37NO3. The van der Waals surface area contributed by atoms with Crippen LogP contribution < -0.4 is 10.1 Å². The Bertz CT molecular complexity index is 753. The molecule has 4 heteroatoms. The van der Waals surface area contributed by atoms with E-state index < -0.39 is 6.10 Å². The molecule has 1 saturated carbocycles. The molecule has 4 rings (SSSR count). The maximum absolute atomic E-state index is 10.4. The first-order valence-electron chi connectivity index (χ1n) is 12.1. The molecule has 2 aromatic carbocycles. The lowest BCUT2D eigenvalue weighted by Gasteiger charge is -2.22. The average Bonchev–Trinajstić information content (AvgIpc) is 2.93. The van der Waals surface area contributed by atoms with E-state index in [1.165, 1.54) is 48.8 Å². The molecule has 2 N–H and O–H groups in total. The summed E-state index contributed by atoms with van der Waals surface area (Å²) in [5.74, 6) is 1.28. The van der Waals surface area contributed by atoms with Gasteiger partial charge in [-0.15, -0.1) is 0 Å². The molecule has 0 radical (unpaired) electrons. The molecule has 0 spiro atoms. The van der Waals surface area contributed by atoms with E-state index in [4.69, 9.17) is 9.47 Å². The summed E-state index contributed by atoms with van der Waals surface area (Å²) >= 11 is 0. The predicted octanol–water partition coefficient (Wildman–Crippen LogP) is 5.18. The van der Waals surface area contributed by atoms with Crippen LogP contribution in [0.1, 0.15) is 74.0 Å². The van der Waals surface area contributed by atoms with Crippen molar-refractivity contribution in [3.63, 3.8) is 0 Å². The highest BCUT2D eigenvalue weighted by atomic mass is 16.5. The number of rotatable bonds is 8. The standard InChI is InChI=1S/C27H37NO3/c29-22(20-30-23-11-4-2-1-3-5-12-23)18-28-17-16-25-24-13-7-6-10-21(24)19-31-27-15-9-8-14-26(25)27/h6-10,13-15,22-23,25,28-29H,1-5,11-12,16-20H2. The van der Waals surface area contributed by atoms with Crippen LogP contribution in [0.5, 0.6) is 5.75 Å². The zero-order chi connectivity index (χ0) is 21.3. The molecule has 0 aromatic heterocycles. The van der Waals surface area contributed by atoms with Gasteiger partial charge < -0.3 is 19.9 Å². The molecule has 0 bridgehead atoms. The Morgan fingerprint density at radius 3 is 2.48 bits per heavy atom. The van der Waals surface area contributed by atoms with Crippen LogP contribution in [0.4, 0.5) is 0 Å². The van der Waals surface area contributed by atoms with Crippen molar-refractivity contribution < 1.29 is 14.6 Å². The van der Waals surface area contributed by atoms with Gasteiger partial charge in [0.25, 0.3) is 0 Å². The second-order valence-electron chi connectivity index (χ2n) is 9.02. The minimum absolute atomic E-state index is 0.297. The Morgan fingerprint density at radius 2 is 1.65 bits per heavy atom. The molecule has 1 heterocycles. The van der Waals surface area contributed by atoms with E-state index in [1.807, 2.05) is 6.07 Å². The minimum Gasteiger partial charge on any atom is -0.489 e. The highest BCUT2D eigenvalue weighted by Crippen LogP contribution is 2.38. The normalized spacial score (nSPS) is 20.5. The third-order valence-corrected chi connectivity index (χ3v) is 6.67. The Kier molecular flexibility index (Phi) is 8.39. The van der Waals surface area contributed by atoms with E-state index in [1.54, 1.807) is 0 Å². The van der Waals surface area contributed by atoms with E-state index in [9.17, 15) is 5.11 Å². The zero-order valence-electron chi connectivity index (χ0n) is 18.6. The first-order chi connectivity index (χ1) is 15.3. The lowest BCUT2D eigenvalue weighted by molar-refractivity contribution is -0.0185. The maximum Gasteiger partial charge on any atom is 0.123 e. The molecule has 1 aliphatic heterocycles. The van der Waals surface area contributed by atoms with Gasteiger partial charge in [-0.05, 0) is 43.0 Å². The number of hydrogen-bond acceptors (Lipinski definition) is 4. The van der Waals surface area contributed by atoms with Crippen LogP contribution in [0, 0.1) is 0 Å². The van der Waals surface area contributed by atoms with E-state index >= 15 is 0 Å². The summed E-state index contributed by atoms with van der Waals surface area (Å²) in [5.41, 5.74) is 3.86. The number of aliphatic hydroxyl groups excluding tert-OH is 1. The van der Waals surface area contributed by atoms with Crippen molar-refractivity contribution in [2.24, 2.45) is 0 Å². The third-order valence-electron chi connectivity index (χ3n) is 6.67. The lowest BCUT2D eigenvalue weighted by Crippen LogP contribution is -2.33. The molecule has 0 saturated heterocycles. The molecule has 1 aliphatic carbocycles. The summed E-state index contributed by atoms with van der Waals surface area (Å²) in [6.45, 7) is 2.46. The number of hydrogen-bond donors (Lipinski definition) is 2. The average molecular weight is 424 g/mol. The Balaban J connectivity index is 1.26. The number of benzene rings is 2. The zero-order valence-corrected chi connectivity index (χ0v) is 18.6. The number of aliphatic hydroxyl groups is 1. The monoisotopic (exact) mass is 423 g/mol. The van der Waals surface area contributed by atoms with Gasteiger partial charge in [-0.2, -0.15) is 0 Å². The first kappa shape index (κ1) is 22.3. The van der Waals surface area contributed by atoms with Gasteiger partial charge in [0.15, 0.2) is 0 Å². The van der Waals surface area contributed by atoms with Crippen LogP contribution in [0.3, 0.4) is 0 Å². The van der Waals surface area contributed by atoms with Crippen molar-refractivity contribution in [3.05, 3.63) is 65.2 Å². The second kappa shape index (κ2) is 11.7. The number of nitrogens with one attached hydrogen (secondary N) is 1. The van der Waals surface area contributed by atoms with Crippen molar-refractivity contribution in [1.29, 1.82) is 0 Å². The molecule has 0 amide bonds. The SMILES string of the molecule is OC(CNCCC1c2ccccc2COc2ccccc21)COC1CCCCCCC1. The summed E-state index contributed by atoms with van der Waals surface area (Å²) in [6.07, 6.45) is 9.64. The Labute approximate surface area is 187 Å². The third kappa shape index (κ3) is 6.31. The Hall–Kier alpha value is -1.88. The van der Waals surface area contributed by atoms with Crippen LogP contribution >= 0.6 is 0 Å². The van der Waals surface area contributed by atoms with E-state index in [0.717, 1.165) is 31.6 Å². The number of para-hydroxylation sites is 1. The summed E-state index contributed by atoms with van der Waals surface area (Å²) < 4.78 is 12.1. The molecule has 168 valence electrons. The van der Waals surface area contributed by atoms with Crippen molar-refractivity contribution in [1.82, 2.24) is 5.32 Å². The highest BCUT2D eigenvalue weighted by Gasteiger charge is 2.24. The summed E-state index contributed by atoms with van der Waals surface area (Å²) in [7, 11) is 0. The summed E-state index contributed by atoms with van der Waals surface area (Å²) in [4.78, 5) is 0. The quantitative estimate of drug-likeness (QED) is 0.575. The van der Waals surface area contributed by atoms with Crippen molar-refractivity contribution in [2.45, 2.75) is 76.1 Å². The molecule has 2 unspecified atom stereocenters. The van der Waals surface area contributed by atoms with Crippen molar-refractivity contribution >= 4 is 0 Å². The van der Waals surface area contributed by atoms with E-state index in [2.05, 4.69) is 47.8 Å². The summed E-state index contributed by atoms with van der Waals surface area (Å²) in [6, 6.07) is 17.0. The minimum atomic E-state index is -0.456. The topological polar surface area (TPSA) is 50.7 Å². The van der Waals surface area contributed by atoms with Crippen LogP contribution in [0.15, 0.2) is 48.5 Å². The van der Waals surface area contributed by atoms with Gasteiger partial charge in [0.1, 0.15) is 12.4 Å². The van der Waals surface area contributed by atoms with Crippen LogP contribution in [-0.4, -0.2) is 37.0 Å². The fourth-order valence-corrected chi connectivity index (χ4v) is 4.95. The molecule has 4 nitrogen and oxygen atoms in total. The molecule has 2 atom stereocenters. The molecular weight excluding hydrogens is 386 g/mol. The van der Waals surface area contributed by atoms with Crippen molar-refractivity contribution in [2.75, 3.05) is 19.7 Å². The van der Waals surface area contributed by atoms with Gasteiger partial charge >= 0.3 is 0 Å². The highest BCUT2D eigenvalue weighted by molar-refractivity contribution is 5.46. The fourth-order valence-electron chi connectivity index (χ4n) is 4.95. The molecule has 31 heavy (non-hydrogen) atoms. The van der Waals surface area contributed by atoms with Crippen LogP contribution in [-0.2, 0) is 11.3 Å². The lowest BCUT2D eigenvalue weighted by atomic mass is 9.86. The van der Waals surface area contributed by atoms with Crippen LogP contribution in [0.25, 0.3) is 0 Å². The molecule has 1 fully saturated rings. The van der Waals surface area contributed by atoms with Crippen LogP contribution in [0.2, 0.25) is 0 Å². The van der Waals surface area contributed by atoms with E-state index in [-0.39, 0.29) is 0 Å². The maximum atomic E-state index is 10.4. The van der Waals surface area contributed by atoms with Gasteiger partial charge in [0.05, 0.1) is 18.8 Å². The Morgan fingerprint density at radius 1 is 0.935 bits per heavy atom. The molecule has 2 aliphatic rings. The second-order valence-corrected chi connectivity index (χ2v) is 9.02. The van der Waals surface area contributed by atoms with Gasteiger partial charge in [-0.1, -0.05) is 74.6 Å². The summed E-state index contributed by atoms with van der Waals surface area (Å²) in [5, 5.41) is 13.8. The predicted molar refractivity (Wildman–Crippen MR) is 125 cm³/mol. The van der Waals surface area contributed by atoms with Gasteiger partial charge in [0.2, 0.25) is 0 Å². The van der Waals surface area contributed by atoms with Gasteiger partial charge in [-0.3, -0.25) is 0 Å². The van der Waals surface area contributed by atoms with Gasteiger partial charge in [0, 0.05) is 18.0 Å². The van der Waals surface area contributed by atoms with E-state index in [0.29, 0.717) is 31.8 Å². The molecule has 2 aromatic rings. The van der Waals surface area contributed by atoms with Gasteiger partial charge in [-0.25, -0.2) is 0 Å². The van der Waals surface area contributed by atoms with Crippen molar-refractivity contribution in [3.8, 4) is 5.75 Å². The number of fused-ring (bicyclic) bond motifs is 2.